The second-order valence-electron chi connectivity index (χ2n) is 14.4. The van der Waals surface area contributed by atoms with Gasteiger partial charge >= 0.3 is 5.69 Å². The number of likely N-dealkylation sites (tertiary alicyclic amines) is 1. The van der Waals surface area contributed by atoms with Crippen molar-refractivity contribution in [2.45, 2.75) is 102 Å². The molecule has 2 heterocycles. The van der Waals surface area contributed by atoms with Gasteiger partial charge in [0.15, 0.2) is 0 Å². The molecule has 6 rings (SSSR count). The fourth-order valence-electron chi connectivity index (χ4n) is 6.17. The highest BCUT2D eigenvalue weighted by Gasteiger charge is 2.52. The van der Waals surface area contributed by atoms with Crippen LogP contribution in [0.25, 0.3) is 11.0 Å². The van der Waals surface area contributed by atoms with E-state index in [1.54, 1.807) is 22.5 Å². The van der Waals surface area contributed by atoms with Crippen LogP contribution in [0.1, 0.15) is 91.5 Å². The highest BCUT2D eigenvalue weighted by molar-refractivity contribution is 7.91. The first-order valence-electron chi connectivity index (χ1n) is 18.3. The van der Waals surface area contributed by atoms with E-state index in [0.29, 0.717) is 31.5 Å². The number of imidazole rings is 1. The van der Waals surface area contributed by atoms with E-state index >= 15 is 0 Å². The molecule has 1 aromatic heterocycles. The number of benzene rings is 2. The standard InChI is InChI=1S/C15H25NO3S.C13H17N3O2.C10H13N3O/c1-3-4-5-6-7-8-12-11-13(12)14(17)16-20(18,19)15(2)9-10-15;14-13(18)11-7-4-8-16(11)12(17)9-15-10-5-2-1-3-6-10;1-6(2)13-8-5-3-4-7(11)9(8)12-10(13)14/h7-8,12-13H,3-6,9-11H2,1-2H3,(H,16,17);1-3,5-6,11,15H,4,7-9H2,(H2,14,18);3-6H,11H2,1-2H3,(H,12,14)/b8-7-;;. The summed E-state index contributed by atoms with van der Waals surface area (Å²) in [5.41, 5.74) is 14.0. The minimum absolute atomic E-state index is 0.0832. The number of hydrogen-bond acceptors (Lipinski definition) is 8. The normalized spacial score (nSPS) is 20.1. The summed E-state index contributed by atoms with van der Waals surface area (Å²) in [6.07, 6.45) is 12.5. The number of nitrogens with one attached hydrogen (secondary N) is 3. The summed E-state index contributed by atoms with van der Waals surface area (Å²) in [5, 5.41) is 3.04. The molecule has 14 heteroatoms. The monoisotopic (exact) mass is 737 g/mol. The Morgan fingerprint density at radius 1 is 1.08 bits per heavy atom. The summed E-state index contributed by atoms with van der Waals surface area (Å²) in [7, 11) is -3.47. The number of fused-ring (bicyclic) bond motifs is 1. The molecular weight excluding hydrogens is 683 g/mol. The molecule has 3 unspecified atom stereocenters. The molecule has 52 heavy (non-hydrogen) atoms. The molecule has 13 nitrogen and oxygen atoms in total. The number of rotatable bonds is 13. The van der Waals surface area contributed by atoms with Crippen molar-refractivity contribution in [1.29, 1.82) is 0 Å². The Hall–Kier alpha value is -4.59. The van der Waals surface area contributed by atoms with Gasteiger partial charge in [0, 0.05) is 24.2 Å². The summed E-state index contributed by atoms with van der Waals surface area (Å²) >= 11 is 0. The Morgan fingerprint density at radius 3 is 2.42 bits per heavy atom. The van der Waals surface area contributed by atoms with Crippen molar-refractivity contribution in [3.63, 3.8) is 0 Å². The van der Waals surface area contributed by atoms with Crippen LogP contribution < -0.4 is 27.2 Å². The predicted octanol–water partition coefficient (Wildman–Crippen LogP) is 4.83. The molecule has 3 aliphatic rings. The van der Waals surface area contributed by atoms with Gasteiger partial charge in [-0.2, -0.15) is 0 Å². The summed E-state index contributed by atoms with van der Waals surface area (Å²) in [5.74, 6) is -0.726. The number of nitrogen functional groups attached to an aromatic ring is 1. The molecule has 2 saturated carbocycles. The Morgan fingerprint density at radius 2 is 1.79 bits per heavy atom. The largest absolute Gasteiger partial charge is 0.397 e. The molecule has 1 saturated heterocycles. The first-order chi connectivity index (χ1) is 24.7. The number of amides is 3. The van der Waals surface area contributed by atoms with Gasteiger partial charge in [0.25, 0.3) is 0 Å². The van der Waals surface area contributed by atoms with Gasteiger partial charge in [0.2, 0.25) is 27.7 Å². The highest BCUT2D eigenvalue weighted by atomic mass is 32.2. The van der Waals surface area contributed by atoms with Crippen LogP contribution in [0.3, 0.4) is 0 Å². The molecule has 3 amide bonds. The minimum atomic E-state index is -3.47. The maximum atomic E-state index is 12.0. The molecular formula is C38H55N7O6S. The van der Waals surface area contributed by atoms with Crippen molar-refractivity contribution >= 4 is 50.2 Å². The van der Waals surface area contributed by atoms with Crippen LogP contribution in [-0.4, -0.2) is 64.5 Å². The predicted molar refractivity (Wildman–Crippen MR) is 206 cm³/mol. The molecule has 0 radical (unpaired) electrons. The maximum Gasteiger partial charge on any atom is 0.326 e. The first kappa shape index (κ1) is 40.2. The Labute approximate surface area is 306 Å². The number of carbonyl (C=O) groups excluding carboxylic acids is 3. The van der Waals surface area contributed by atoms with Gasteiger partial charge in [0.05, 0.1) is 28.0 Å². The average molecular weight is 738 g/mol. The number of nitrogens with two attached hydrogens (primary N) is 2. The zero-order valence-corrected chi connectivity index (χ0v) is 31.6. The van der Waals surface area contributed by atoms with E-state index in [4.69, 9.17) is 11.5 Å². The first-order valence-corrected chi connectivity index (χ1v) is 19.8. The third kappa shape index (κ3) is 10.5. The zero-order chi connectivity index (χ0) is 38.1. The van der Waals surface area contributed by atoms with E-state index in [1.807, 2.05) is 56.3 Å². The average Bonchev–Trinajstić information content (AvgIpc) is 3.96. The van der Waals surface area contributed by atoms with Crippen LogP contribution in [0.5, 0.6) is 0 Å². The third-order valence-electron chi connectivity index (χ3n) is 9.79. The summed E-state index contributed by atoms with van der Waals surface area (Å²) in [6.45, 7) is 8.61. The Balaban J connectivity index is 0.000000177. The van der Waals surface area contributed by atoms with Crippen LogP contribution >= 0.6 is 0 Å². The zero-order valence-electron chi connectivity index (χ0n) is 30.8. The van der Waals surface area contributed by atoms with Gasteiger partial charge in [-0.25, -0.2) is 13.2 Å². The minimum Gasteiger partial charge on any atom is -0.397 e. The molecule has 2 aliphatic carbocycles. The quantitative estimate of drug-likeness (QED) is 0.0933. The lowest BCUT2D eigenvalue weighted by Crippen LogP contribution is -2.45. The van der Waals surface area contributed by atoms with E-state index in [2.05, 4.69) is 34.1 Å². The SMILES string of the molecule is CC(C)n1c(=O)[nH]c2c(N)cccc21.CCCCC/C=C\C1CC1C(=O)NS(=O)(=O)C1(C)CC1.NC(=O)C1CCCN1C(=O)CNc1ccccc1. The van der Waals surface area contributed by atoms with Gasteiger partial charge in [0.1, 0.15) is 6.04 Å². The van der Waals surface area contributed by atoms with E-state index < -0.39 is 26.7 Å². The fraction of sp³-hybridized carbons (Fsp3) is 0.526. The number of carbonyl (C=O) groups is 3. The van der Waals surface area contributed by atoms with E-state index in [1.165, 1.54) is 19.3 Å². The third-order valence-corrected chi connectivity index (χ3v) is 12.0. The van der Waals surface area contributed by atoms with Gasteiger partial charge in [-0.1, -0.05) is 56.2 Å². The topological polar surface area (TPSA) is 202 Å². The van der Waals surface area contributed by atoms with E-state index in [9.17, 15) is 27.6 Å². The number of allylic oxidation sites excluding steroid dienone is 2. The lowest BCUT2D eigenvalue weighted by atomic mass is 10.2. The summed E-state index contributed by atoms with van der Waals surface area (Å²) in [6, 6.07) is 14.7. The number of aromatic nitrogens is 2. The van der Waals surface area contributed by atoms with Gasteiger partial charge in [-0.15, -0.1) is 0 Å². The Bertz CT molecular complexity index is 1880. The van der Waals surface area contributed by atoms with Gasteiger partial charge in [-0.05, 0) is 95.9 Å². The van der Waals surface area contributed by atoms with Crippen molar-refractivity contribution in [2.75, 3.05) is 24.1 Å². The van der Waals surface area contributed by atoms with Crippen molar-refractivity contribution in [3.05, 3.63) is 71.2 Å². The molecule has 7 N–H and O–H groups in total. The van der Waals surface area contributed by atoms with Crippen molar-refractivity contribution in [3.8, 4) is 0 Å². The van der Waals surface area contributed by atoms with E-state index in [-0.39, 0.29) is 41.9 Å². The second-order valence-corrected chi connectivity index (χ2v) is 16.5. The smallest absolute Gasteiger partial charge is 0.326 e. The number of unbranched alkanes of at least 4 members (excludes halogenated alkanes) is 3. The Kier molecular flexibility index (Phi) is 13.7. The number of nitrogens with zero attached hydrogens (tertiary/aromatic N) is 2. The lowest BCUT2D eigenvalue weighted by Gasteiger charge is -2.22. The summed E-state index contributed by atoms with van der Waals surface area (Å²) < 4.78 is 27.1. The van der Waals surface area contributed by atoms with Crippen LogP contribution in [0.15, 0.2) is 65.5 Å². The molecule has 284 valence electrons. The maximum absolute atomic E-state index is 12.0. The van der Waals surface area contributed by atoms with E-state index in [0.717, 1.165) is 36.0 Å². The van der Waals surface area contributed by atoms with Crippen molar-refractivity contribution < 1.29 is 22.8 Å². The highest BCUT2D eigenvalue weighted by Crippen LogP contribution is 2.44. The number of anilines is 2. The number of aromatic amines is 1. The molecule has 0 bridgehead atoms. The molecule has 3 atom stereocenters. The molecule has 2 aromatic carbocycles. The number of H-pyrrole nitrogens is 1. The van der Waals surface area contributed by atoms with Gasteiger partial charge in [-0.3, -0.25) is 23.7 Å². The van der Waals surface area contributed by atoms with Gasteiger partial charge < -0.3 is 26.7 Å². The number of sulfonamides is 1. The molecule has 3 aromatic rings. The number of primary amides is 1. The van der Waals surface area contributed by atoms with Crippen molar-refractivity contribution in [1.82, 2.24) is 19.2 Å². The molecule has 1 aliphatic heterocycles. The second kappa shape index (κ2) is 17.8. The van der Waals surface area contributed by atoms with Crippen molar-refractivity contribution in [2.24, 2.45) is 17.6 Å². The van der Waals surface area contributed by atoms with Crippen LogP contribution in [0.2, 0.25) is 0 Å². The molecule has 3 fully saturated rings. The molecule has 0 spiro atoms. The lowest BCUT2D eigenvalue weighted by molar-refractivity contribution is -0.135. The number of hydrogen-bond donors (Lipinski definition) is 5. The fourth-order valence-corrected chi connectivity index (χ4v) is 7.47. The van der Waals surface area contributed by atoms with Crippen LogP contribution in [0, 0.1) is 11.8 Å². The number of para-hydroxylation sites is 2. The summed E-state index contributed by atoms with van der Waals surface area (Å²) in [4.78, 5) is 51.0. The van der Waals surface area contributed by atoms with Crippen LogP contribution in [0.4, 0.5) is 11.4 Å². The van der Waals surface area contributed by atoms with Crippen LogP contribution in [-0.2, 0) is 24.4 Å².